The zero-order chi connectivity index (χ0) is 24.0. The van der Waals surface area contributed by atoms with E-state index in [-0.39, 0.29) is 11.8 Å². The van der Waals surface area contributed by atoms with Crippen molar-refractivity contribution in [3.8, 4) is 11.5 Å². The van der Waals surface area contributed by atoms with Crippen LogP contribution in [-0.4, -0.2) is 38.1 Å². The maximum Gasteiger partial charge on any atom is 0.220 e. The Hall–Kier alpha value is -3.54. The predicted octanol–water partition coefficient (Wildman–Crippen LogP) is 4.19. The van der Waals surface area contributed by atoms with Crippen molar-refractivity contribution in [2.24, 2.45) is 0 Å². The fourth-order valence-electron chi connectivity index (χ4n) is 4.83. The number of hydrogen-bond acceptors (Lipinski definition) is 4. The fraction of sp³-hybridized carbons (Fsp3) is 0.357. The van der Waals surface area contributed by atoms with Crippen molar-refractivity contribution in [2.75, 3.05) is 20.8 Å². The van der Waals surface area contributed by atoms with Gasteiger partial charge in [0.2, 0.25) is 11.8 Å². The van der Waals surface area contributed by atoms with E-state index < -0.39 is 5.54 Å². The van der Waals surface area contributed by atoms with Crippen LogP contribution in [0, 0.1) is 0 Å². The van der Waals surface area contributed by atoms with Crippen LogP contribution in [0.3, 0.4) is 0 Å². The van der Waals surface area contributed by atoms with Gasteiger partial charge in [0.25, 0.3) is 0 Å². The van der Waals surface area contributed by atoms with Gasteiger partial charge in [-0.1, -0.05) is 48.5 Å². The van der Waals surface area contributed by atoms with Crippen molar-refractivity contribution in [1.29, 1.82) is 0 Å². The number of amides is 2. The lowest BCUT2D eigenvalue weighted by Gasteiger charge is -2.30. The summed E-state index contributed by atoms with van der Waals surface area (Å²) in [6.07, 6.45) is 3.60. The van der Waals surface area contributed by atoms with Crippen LogP contribution in [0.2, 0.25) is 0 Å². The molecule has 3 aromatic carbocycles. The molecular weight excluding hydrogens is 428 g/mol. The summed E-state index contributed by atoms with van der Waals surface area (Å²) in [7, 11) is 3.25. The molecule has 0 bridgehead atoms. The topological polar surface area (TPSA) is 76.7 Å². The molecule has 1 atom stereocenters. The van der Waals surface area contributed by atoms with Crippen LogP contribution in [-0.2, 0) is 22.4 Å². The van der Waals surface area contributed by atoms with Gasteiger partial charge in [-0.3, -0.25) is 9.59 Å². The summed E-state index contributed by atoms with van der Waals surface area (Å²) in [5, 5.41) is 8.60. The largest absolute Gasteiger partial charge is 0.497 e. The van der Waals surface area contributed by atoms with E-state index in [2.05, 4.69) is 41.0 Å². The van der Waals surface area contributed by atoms with Gasteiger partial charge in [0.15, 0.2) is 0 Å². The Balaban J connectivity index is 1.36. The Kier molecular flexibility index (Phi) is 7.36. The van der Waals surface area contributed by atoms with E-state index in [1.165, 1.54) is 16.3 Å². The van der Waals surface area contributed by atoms with Crippen LogP contribution >= 0.6 is 0 Å². The van der Waals surface area contributed by atoms with Gasteiger partial charge in [0, 0.05) is 31.0 Å². The second-order valence-corrected chi connectivity index (χ2v) is 8.92. The van der Waals surface area contributed by atoms with Gasteiger partial charge in [0.1, 0.15) is 11.5 Å². The molecule has 34 heavy (non-hydrogen) atoms. The van der Waals surface area contributed by atoms with E-state index >= 15 is 0 Å². The van der Waals surface area contributed by atoms with Crippen molar-refractivity contribution < 1.29 is 19.1 Å². The Bertz CT molecular complexity index is 1170. The molecule has 0 unspecified atom stereocenters. The van der Waals surface area contributed by atoms with Crippen LogP contribution in [0.4, 0.5) is 0 Å². The minimum absolute atomic E-state index is 0.00841. The number of benzene rings is 3. The van der Waals surface area contributed by atoms with Crippen molar-refractivity contribution in [3.63, 3.8) is 0 Å². The average Bonchev–Trinajstić information content (AvgIpc) is 3.23. The third-order valence-electron chi connectivity index (χ3n) is 6.69. The van der Waals surface area contributed by atoms with E-state index in [0.29, 0.717) is 32.2 Å². The fourth-order valence-corrected chi connectivity index (χ4v) is 4.83. The molecule has 1 aliphatic heterocycles. The van der Waals surface area contributed by atoms with Gasteiger partial charge in [-0.15, -0.1) is 0 Å². The summed E-state index contributed by atoms with van der Waals surface area (Å²) in [6, 6.07) is 20.3. The number of methoxy groups -OCH3 is 2. The number of nitrogens with one attached hydrogen (secondary N) is 2. The maximum absolute atomic E-state index is 12.7. The lowest BCUT2D eigenvalue weighted by atomic mass is 9.83. The molecule has 0 radical (unpaired) electrons. The van der Waals surface area contributed by atoms with Crippen molar-refractivity contribution >= 4 is 22.6 Å². The summed E-state index contributed by atoms with van der Waals surface area (Å²) in [5.74, 6) is 1.54. The lowest BCUT2D eigenvalue weighted by molar-refractivity contribution is -0.122. The molecule has 0 saturated carbocycles. The standard InChI is InChI=1S/C28H32N2O4/c1-33-23-11-10-21(25(18-23)34-2)14-17-29-26(31)12-15-28(16-13-27(32)30-28)19-22-8-5-7-20-6-3-4-9-24(20)22/h3-11,18H,12-17,19H2,1-2H3,(H,29,31)(H,30,32)/t28-/m0/s1. The summed E-state index contributed by atoms with van der Waals surface area (Å²) in [4.78, 5) is 24.8. The summed E-state index contributed by atoms with van der Waals surface area (Å²) >= 11 is 0. The number of carbonyl (C=O) groups is 2. The average molecular weight is 461 g/mol. The third kappa shape index (κ3) is 5.50. The zero-order valence-corrected chi connectivity index (χ0v) is 19.9. The van der Waals surface area contributed by atoms with E-state index in [4.69, 9.17) is 9.47 Å². The Morgan fingerprint density at radius 3 is 2.62 bits per heavy atom. The van der Waals surface area contributed by atoms with Crippen LogP contribution < -0.4 is 20.1 Å². The summed E-state index contributed by atoms with van der Waals surface area (Å²) in [5.41, 5.74) is 1.82. The highest BCUT2D eigenvalue weighted by molar-refractivity contribution is 5.86. The highest BCUT2D eigenvalue weighted by Gasteiger charge is 2.38. The highest BCUT2D eigenvalue weighted by Crippen LogP contribution is 2.32. The molecule has 4 rings (SSSR count). The summed E-state index contributed by atoms with van der Waals surface area (Å²) < 4.78 is 10.7. The number of ether oxygens (including phenoxy) is 2. The van der Waals surface area contributed by atoms with Crippen molar-refractivity contribution in [3.05, 3.63) is 71.8 Å². The molecule has 2 N–H and O–H groups in total. The van der Waals surface area contributed by atoms with Gasteiger partial charge in [-0.25, -0.2) is 0 Å². The number of rotatable bonds is 10. The molecule has 1 saturated heterocycles. The second kappa shape index (κ2) is 10.6. The Labute approximate surface area is 200 Å². The molecule has 1 fully saturated rings. The molecule has 1 heterocycles. The first-order chi connectivity index (χ1) is 16.5. The SMILES string of the molecule is COc1ccc(CCNC(=O)CC[C@@]2(Cc3cccc4ccccc34)CCC(=O)N2)c(OC)c1. The van der Waals surface area contributed by atoms with Crippen LogP contribution in [0.25, 0.3) is 10.8 Å². The molecule has 1 aliphatic rings. The molecule has 0 spiro atoms. The normalized spacial score (nSPS) is 17.4. The van der Waals surface area contributed by atoms with E-state index in [1.54, 1.807) is 14.2 Å². The van der Waals surface area contributed by atoms with Gasteiger partial charge in [-0.2, -0.15) is 0 Å². The number of carbonyl (C=O) groups excluding carboxylic acids is 2. The zero-order valence-electron chi connectivity index (χ0n) is 19.9. The number of hydrogen-bond donors (Lipinski definition) is 2. The molecule has 6 nitrogen and oxygen atoms in total. The molecule has 6 heteroatoms. The quantitative estimate of drug-likeness (QED) is 0.476. The minimum Gasteiger partial charge on any atom is -0.497 e. The van der Waals surface area contributed by atoms with Gasteiger partial charge < -0.3 is 20.1 Å². The van der Waals surface area contributed by atoms with Gasteiger partial charge >= 0.3 is 0 Å². The molecule has 0 aromatic heterocycles. The van der Waals surface area contributed by atoms with E-state index in [1.807, 2.05) is 30.3 Å². The first-order valence-corrected chi connectivity index (χ1v) is 11.8. The first-order valence-electron chi connectivity index (χ1n) is 11.8. The molecule has 0 aliphatic carbocycles. The second-order valence-electron chi connectivity index (χ2n) is 8.92. The van der Waals surface area contributed by atoms with Crippen LogP contribution in [0.15, 0.2) is 60.7 Å². The first kappa shape index (κ1) is 23.6. The molecule has 178 valence electrons. The monoisotopic (exact) mass is 460 g/mol. The van der Waals surface area contributed by atoms with Crippen LogP contribution in [0.5, 0.6) is 11.5 Å². The smallest absolute Gasteiger partial charge is 0.220 e. The predicted molar refractivity (Wildman–Crippen MR) is 133 cm³/mol. The third-order valence-corrected chi connectivity index (χ3v) is 6.69. The van der Waals surface area contributed by atoms with Gasteiger partial charge in [-0.05, 0) is 53.6 Å². The highest BCUT2D eigenvalue weighted by atomic mass is 16.5. The summed E-state index contributed by atoms with van der Waals surface area (Å²) in [6.45, 7) is 0.518. The minimum atomic E-state index is -0.391. The lowest BCUT2D eigenvalue weighted by Crippen LogP contribution is -2.44. The van der Waals surface area contributed by atoms with Crippen LogP contribution in [0.1, 0.15) is 36.8 Å². The van der Waals surface area contributed by atoms with Crippen molar-refractivity contribution in [2.45, 2.75) is 44.1 Å². The van der Waals surface area contributed by atoms with Crippen molar-refractivity contribution in [1.82, 2.24) is 10.6 Å². The van der Waals surface area contributed by atoms with E-state index in [9.17, 15) is 9.59 Å². The Morgan fingerprint density at radius 2 is 1.85 bits per heavy atom. The molecular formula is C28H32N2O4. The number of fused-ring (bicyclic) bond motifs is 1. The molecule has 3 aromatic rings. The maximum atomic E-state index is 12.7. The van der Waals surface area contributed by atoms with Gasteiger partial charge in [0.05, 0.1) is 14.2 Å². The van der Waals surface area contributed by atoms with E-state index in [0.717, 1.165) is 29.9 Å². The Morgan fingerprint density at radius 1 is 1.03 bits per heavy atom. The molecule has 2 amide bonds.